The molecule has 0 heterocycles. The van der Waals surface area contributed by atoms with Crippen molar-refractivity contribution in [2.75, 3.05) is 7.11 Å². The van der Waals surface area contributed by atoms with Gasteiger partial charge in [0.1, 0.15) is 17.4 Å². The number of carbonyl (C=O) groups is 1. The van der Waals surface area contributed by atoms with Crippen molar-refractivity contribution in [2.24, 2.45) is 0 Å². The van der Waals surface area contributed by atoms with Crippen molar-refractivity contribution in [1.29, 1.82) is 0 Å². The van der Waals surface area contributed by atoms with Crippen LogP contribution in [0.4, 0.5) is 0 Å². The topological polar surface area (TPSA) is 26.3 Å². The van der Waals surface area contributed by atoms with Gasteiger partial charge in [0.2, 0.25) is 0 Å². The summed E-state index contributed by atoms with van der Waals surface area (Å²) in [6.07, 6.45) is 0.691. The molecule has 0 bridgehead atoms. The van der Waals surface area contributed by atoms with Gasteiger partial charge in [-0.2, -0.15) is 0 Å². The smallest absolute Gasteiger partial charge is 0.142 e. The van der Waals surface area contributed by atoms with E-state index in [9.17, 15) is 4.79 Å². The normalized spacial score (nSPS) is 12.2. The number of carbonyl (C=O) groups excluding carboxylic acids is 1. The van der Waals surface area contributed by atoms with Gasteiger partial charge in [-0.3, -0.25) is 0 Å². The molecule has 0 saturated carbocycles. The zero-order chi connectivity index (χ0) is 8.97. The van der Waals surface area contributed by atoms with Gasteiger partial charge in [-0.05, 0) is 17.7 Å². The maximum Gasteiger partial charge on any atom is 0.142 e. The number of halogens is 1. The third kappa shape index (κ3) is 1.98. The Balaban J connectivity index is 2.93. The second-order valence-electron chi connectivity index (χ2n) is 2.31. The molecular formula is C9H9ClO2. The molecule has 0 fully saturated rings. The predicted octanol–water partition coefficient (Wildman–Crippen LogP) is 2.17. The summed E-state index contributed by atoms with van der Waals surface area (Å²) in [5, 5.41) is -0.583. The predicted molar refractivity (Wildman–Crippen MR) is 47.7 cm³/mol. The highest BCUT2D eigenvalue weighted by atomic mass is 35.5. The fraction of sp³-hybridized carbons (Fsp3) is 0.222. The molecule has 64 valence electrons. The van der Waals surface area contributed by atoms with Gasteiger partial charge in [0, 0.05) is 0 Å². The number of rotatable bonds is 3. The van der Waals surface area contributed by atoms with Crippen LogP contribution in [0.3, 0.4) is 0 Å². The molecule has 0 aromatic heterocycles. The van der Waals surface area contributed by atoms with Crippen molar-refractivity contribution < 1.29 is 9.53 Å². The standard InChI is InChI=1S/C9H9ClO2/c1-12-8-4-2-3-7(5-8)9(10)6-11/h2-6,9H,1H3. The summed E-state index contributed by atoms with van der Waals surface area (Å²) in [5.41, 5.74) is 0.756. The zero-order valence-electron chi connectivity index (χ0n) is 6.66. The van der Waals surface area contributed by atoms with Crippen LogP contribution in [0, 0.1) is 0 Å². The first-order valence-electron chi connectivity index (χ1n) is 3.51. The molecule has 0 N–H and O–H groups in total. The molecule has 0 amide bonds. The van der Waals surface area contributed by atoms with Crippen LogP contribution in [0.1, 0.15) is 10.9 Å². The van der Waals surface area contributed by atoms with Gasteiger partial charge in [0.15, 0.2) is 0 Å². The molecular weight excluding hydrogens is 176 g/mol. The quantitative estimate of drug-likeness (QED) is 0.532. The number of benzene rings is 1. The van der Waals surface area contributed by atoms with Crippen LogP contribution in [-0.2, 0) is 4.79 Å². The number of alkyl halides is 1. The fourth-order valence-electron chi connectivity index (χ4n) is 0.892. The molecule has 1 rings (SSSR count). The van der Waals surface area contributed by atoms with Crippen LogP contribution in [-0.4, -0.2) is 13.4 Å². The molecule has 12 heavy (non-hydrogen) atoms. The monoisotopic (exact) mass is 184 g/mol. The van der Waals surface area contributed by atoms with Crippen molar-refractivity contribution in [3.63, 3.8) is 0 Å². The van der Waals surface area contributed by atoms with E-state index >= 15 is 0 Å². The average molecular weight is 185 g/mol. The number of aldehydes is 1. The Bertz CT molecular complexity index is 273. The summed E-state index contributed by atoms with van der Waals surface area (Å²) in [7, 11) is 1.57. The van der Waals surface area contributed by atoms with Gasteiger partial charge in [0.25, 0.3) is 0 Å². The minimum absolute atomic E-state index is 0.583. The molecule has 0 aliphatic carbocycles. The first-order chi connectivity index (χ1) is 5.77. The maximum absolute atomic E-state index is 10.3. The molecule has 1 aromatic rings. The molecule has 1 aromatic carbocycles. The minimum atomic E-state index is -0.583. The Morgan fingerprint density at radius 1 is 1.58 bits per heavy atom. The lowest BCUT2D eigenvalue weighted by Gasteiger charge is -2.04. The van der Waals surface area contributed by atoms with E-state index in [0.29, 0.717) is 12.0 Å². The number of hydrogen-bond acceptors (Lipinski definition) is 2. The summed E-state index contributed by atoms with van der Waals surface area (Å²) in [6, 6.07) is 7.13. The molecule has 3 heteroatoms. The Morgan fingerprint density at radius 3 is 2.92 bits per heavy atom. The fourth-order valence-corrected chi connectivity index (χ4v) is 1.03. The maximum atomic E-state index is 10.3. The number of hydrogen-bond donors (Lipinski definition) is 0. The Morgan fingerprint density at radius 2 is 2.33 bits per heavy atom. The lowest BCUT2D eigenvalue weighted by Crippen LogP contribution is -1.91. The third-order valence-electron chi connectivity index (χ3n) is 1.53. The molecule has 0 saturated heterocycles. The van der Waals surface area contributed by atoms with Crippen molar-refractivity contribution in [3.8, 4) is 5.75 Å². The number of ether oxygens (including phenoxy) is 1. The van der Waals surface area contributed by atoms with Gasteiger partial charge >= 0.3 is 0 Å². The third-order valence-corrected chi connectivity index (χ3v) is 1.89. The first-order valence-corrected chi connectivity index (χ1v) is 3.95. The highest BCUT2D eigenvalue weighted by Crippen LogP contribution is 2.21. The van der Waals surface area contributed by atoms with Crippen LogP contribution in [0.2, 0.25) is 0 Å². The van der Waals surface area contributed by atoms with E-state index < -0.39 is 5.38 Å². The van der Waals surface area contributed by atoms with Gasteiger partial charge in [0.05, 0.1) is 7.11 Å². The average Bonchev–Trinajstić information content (AvgIpc) is 2.17. The van der Waals surface area contributed by atoms with E-state index in [0.717, 1.165) is 5.56 Å². The largest absolute Gasteiger partial charge is 0.497 e. The molecule has 0 radical (unpaired) electrons. The molecule has 0 aliphatic heterocycles. The minimum Gasteiger partial charge on any atom is -0.497 e. The van der Waals surface area contributed by atoms with Crippen molar-refractivity contribution in [2.45, 2.75) is 5.38 Å². The van der Waals surface area contributed by atoms with Gasteiger partial charge < -0.3 is 9.53 Å². The van der Waals surface area contributed by atoms with E-state index in [1.807, 2.05) is 0 Å². The van der Waals surface area contributed by atoms with Gasteiger partial charge in [-0.15, -0.1) is 11.6 Å². The van der Waals surface area contributed by atoms with E-state index in [1.165, 1.54) is 0 Å². The van der Waals surface area contributed by atoms with Crippen LogP contribution < -0.4 is 4.74 Å². The van der Waals surface area contributed by atoms with Crippen LogP contribution in [0.15, 0.2) is 24.3 Å². The molecule has 1 atom stereocenters. The van der Waals surface area contributed by atoms with E-state index in [1.54, 1.807) is 31.4 Å². The highest BCUT2D eigenvalue weighted by Gasteiger charge is 2.05. The summed E-state index contributed by atoms with van der Waals surface area (Å²) in [5.74, 6) is 0.708. The van der Waals surface area contributed by atoms with E-state index in [-0.39, 0.29) is 0 Å². The lowest BCUT2D eigenvalue weighted by atomic mass is 10.1. The second-order valence-corrected chi connectivity index (χ2v) is 2.78. The molecule has 2 nitrogen and oxygen atoms in total. The highest BCUT2D eigenvalue weighted by molar-refractivity contribution is 6.27. The summed E-state index contributed by atoms with van der Waals surface area (Å²) in [4.78, 5) is 10.3. The summed E-state index contributed by atoms with van der Waals surface area (Å²) >= 11 is 5.70. The van der Waals surface area contributed by atoms with Crippen LogP contribution in [0.25, 0.3) is 0 Å². The van der Waals surface area contributed by atoms with Crippen LogP contribution in [0.5, 0.6) is 5.75 Å². The van der Waals surface area contributed by atoms with Gasteiger partial charge in [-0.1, -0.05) is 12.1 Å². The molecule has 1 unspecified atom stereocenters. The summed E-state index contributed by atoms with van der Waals surface area (Å²) < 4.78 is 4.97. The Labute approximate surface area is 76.1 Å². The Kier molecular flexibility index (Phi) is 3.11. The first kappa shape index (κ1) is 9.07. The SMILES string of the molecule is COc1cccc(C(Cl)C=O)c1. The number of methoxy groups -OCH3 is 1. The Hall–Kier alpha value is -1.02. The van der Waals surface area contributed by atoms with E-state index in [2.05, 4.69) is 0 Å². The van der Waals surface area contributed by atoms with Crippen molar-refractivity contribution in [3.05, 3.63) is 29.8 Å². The van der Waals surface area contributed by atoms with Gasteiger partial charge in [-0.25, -0.2) is 0 Å². The zero-order valence-corrected chi connectivity index (χ0v) is 7.41. The second kappa shape index (κ2) is 4.12. The van der Waals surface area contributed by atoms with Crippen LogP contribution >= 0.6 is 11.6 Å². The van der Waals surface area contributed by atoms with E-state index in [4.69, 9.17) is 16.3 Å². The molecule has 0 aliphatic rings. The summed E-state index contributed by atoms with van der Waals surface area (Å²) in [6.45, 7) is 0. The van der Waals surface area contributed by atoms with Crippen molar-refractivity contribution >= 4 is 17.9 Å². The van der Waals surface area contributed by atoms with Crippen molar-refractivity contribution in [1.82, 2.24) is 0 Å². The molecule has 0 spiro atoms. The lowest BCUT2D eigenvalue weighted by molar-refractivity contribution is -0.107.